The van der Waals surface area contributed by atoms with Crippen molar-refractivity contribution in [2.75, 3.05) is 5.73 Å². The molecule has 2 heterocycles. The van der Waals surface area contributed by atoms with E-state index in [0.29, 0.717) is 17.3 Å². The number of fused-ring (bicyclic) bond motifs is 2. The summed E-state index contributed by atoms with van der Waals surface area (Å²) in [5.74, 6) is 0. The number of aromatic nitrogens is 4. The molecule has 0 atom stereocenters. The van der Waals surface area contributed by atoms with Gasteiger partial charge in [0.15, 0.2) is 5.58 Å². The van der Waals surface area contributed by atoms with Gasteiger partial charge in [-0.05, 0) is 24.3 Å². The Morgan fingerprint density at radius 2 is 1.95 bits per heavy atom. The van der Waals surface area contributed by atoms with Crippen molar-refractivity contribution in [2.24, 2.45) is 0 Å². The Labute approximate surface area is 107 Å². The maximum absolute atomic E-state index is 5.72. The molecule has 0 aliphatic carbocycles. The number of nitrogens with zero attached hydrogens (tertiary/aromatic N) is 4. The van der Waals surface area contributed by atoms with Crippen LogP contribution in [0.15, 0.2) is 46.9 Å². The molecule has 2 aromatic carbocycles. The largest absolute Gasteiger partial charge is 0.422 e. The summed E-state index contributed by atoms with van der Waals surface area (Å²) < 4.78 is 7.25. The summed E-state index contributed by atoms with van der Waals surface area (Å²) in [5.41, 5.74) is 9.38. The monoisotopic (exact) mass is 251 g/mol. The van der Waals surface area contributed by atoms with E-state index in [4.69, 9.17) is 10.2 Å². The highest BCUT2D eigenvalue weighted by Crippen LogP contribution is 2.22. The maximum atomic E-state index is 5.72. The Morgan fingerprint density at radius 1 is 1.05 bits per heavy atom. The van der Waals surface area contributed by atoms with Crippen molar-refractivity contribution in [1.29, 1.82) is 0 Å². The molecule has 0 aliphatic rings. The standard InChI is InChI=1S/C13H9N5O/c14-8-5-6-10-12(7-8)19-13(15-10)18-11-4-2-1-3-9(11)16-17-18/h1-7H,14H2. The van der Waals surface area contributed by atoms with E-state index in [0.717, 1.165) is 16.6 Å². The highest BCUT2D eigenvalue weighted by Gasteiger charge is 2.12. The van der Waals surface area contributed by atoms with Crippen LogP contribution in [0.25, 0.3) is 28.1 Å². The number of nitrogens with two attached hydrogens (primary N) is 1. The summed E-state index contributed by atoms with van der Waals surface area (Å²) >= 11 is 0. The molecular formula is C13H9N5O. The summed E-state index contributed by atoms with van der Waals surface area (Å²) in [7, 11) is 0. The van der Waals surface area contributed by atoms with Crippen LogP contribution < -0.4 is 5.73 Å². The summed E-state index contributed by atoms with van der Waals surface area (Å²) in [5, 5.41) is 8.13. The Kier molecular flexibility index (Phi) is 1.88. The predicted molar refractivity (Wildman–Crippen MR) is 70.8 cm³/mol. The average Bonchev–Trinajstić information content (AvgIpc) is 3.00. The van der Waals surface area contributed by atoms with Gasteiger partial charge < -0.3 is 10.2 Å². The van der Waals surface area contributed by atoms with E-state index in [2.05, 4.69) is 15.3 Å². The molecule has 92 valence electrons. The lowest BCUT2D eigenvalue weighted by Gasteiger charge is -1.93. The van der Waals surface area contributed by atoms with E-state index in [1.54, 1.807) is 16.8 Å². The molecule has 4 aromatic rings. The minimum atomic E-state index is 0.384. The molecule has 0 saturated heterocycles. The fourth-order valence-electron chi connectivity index (χ4n) is 2.03. The molecule has 4 rings (SSSR count). The number of para-hydroxylation sites is 1. The van der Waals surface area contributed by atoms with Crippen molar-refractivity contribution in [3.8, 4) is 6.01 Å². The van der Waals surface area contributed by atoms with Crippen molar-refractivity contribution >= 4 is 27.8 Å². The van der Waals surface area contributed by atoms with Crippen molar-refractivity contribution in [2.45, 2.75) is 0 Å². The zero-order chi connectivity index (χ0) is 12.8. The van der Waals surface area contributed by atoms with Crippen LogP contribution in [-0.2, 0) is 0 Å². The highest BCUT2D eigenvalue weighted by molar-refractivity contribution is 5.79. The number of benzene rings is 2. The molecule has 2 N–H and O–H groups in total. The van der Waals surface area contributed by atoms with E-state index < -0.39 is 0 Å². The number of oxazole rings is 1. The number of hydrogen-bond acceptors (Lipinski definition) is 5. The van der Waals surface area contributed by atoms with Gasteiger partial charge in [-0.3, -0.25) is 0 Å². The molecule has 0 aliphatic heterocycles. The zero-order valence-corrected chi connectivity index (χ0v) is 9.82. The Bertz CT molecular complexity index is 892. The zero-order valence-electron chi connectivity index (χ0n) is 9.82. The fraction of sp³-hybridized carbons (Fsp3) is 0. The third-order valence-corrected chi connectivity index (χ3v) is 2.93. The topological polar surface area (TPSA) is 82.8 Å². The van der Waals surface area contributed by atoms with Crippen LogP contribution in [0.5, 0.6) is 0 Å². The second-order valence-electron chi connectivity index (χ2n) is 4.21. The first-order chi connectivity index (χ1) is 9.31. The fourth-order valence-corrected chi connectivity index (χ4v) is 2.03. The quantitative estimate of drug-likeness (QED) is 0.524. The van der Waals surface area contributed by atoms with E-state index >= 15 is 0 Å². The maximum Gasteiger partial charge on any atom is 0.325 e. The molecule has 0 fully saturated rings. The van der Waals surface area contributed by atoms with Crippen LogP contribution in [0.3, 0.4) is 0 Å². The lowest BCUT2D eigenvalue weighted by Crippen LogP contribution is -1.96. The average molecular weight is 251 g/mol. The Morgan fingerprint density at radius 3 is 2.89 bits per heavy atom. The van der Waals surface area contributed by atoms with Crippen LogP contribution in [0.2, 0.25) is 0 Å². The first kappa shape index (κ1) is 10.1. The number of rotatable bonds is 1. The van der Waals surface area contributed by atoms with E-state index in [1.807, 2.05) is 30.3 Å². The summed E-state index contributed by atoms with van der Waals surface area (Å²) in [6, 6.07) is 13.4. The highest BCUT2D eigenvalue weighted by atomic mass is 16.4. The van der Waals surface area contributed by atoms with Crippen molar-refractivity contribution in [3.05, 3.63) is 42.5 Å². The molecule has 0 unspecified atom stereocenters. The smallest absolute Gasteiger partial charge is 0.325 e. The molecule has 6 nitrogen and oxygen atoms in total. The number of hydrogen-bond donors (Lipinski definition) is 1. The third-order valence-electron chi connectivity index (χ3n) is 2.93. The lowest BCUT2D eigenvalue weighted by atomic mass is 10.3. The molecular weight excluding hydrogens is 242 g/mol. The molecule has 19 heavy (non-hydrogen) atoms. The lowest BCUT2D eigenvalue weighted by molar-refractivity contribution is 0.542. The van der Waals surface area contributed by atoms with Gasteiger partial charge in [-0.15, -0.1) is 5.10 Å². The van der Waals surface area contributed by atoms with Gasteiger partial charge in [0.05, 0.1) is 5.52 Å². The normalized spacial score (nSPS) is 11.4. The van der Waals surface area contributed by atoms with Crippen molar-refractivity contribution in [1.82, 2.24) is 20.0 Å². The third kappa shape index (κ3) is 1.46. The van der Waals surface area contributed by atoms with Gasteiger partial charge in [-0.2, -0.15) is 9.67 Å². The predicted octanol–water partition coefficient (Wildman–Crippen LogP) is 2.14. The number of anilines is 1. The first-order valence-electron chi connectivity index (χ1n) is 5.78. The Hall–Kier alpha value is -2.89. The molecule has 0 bridgehead atoms. The van der Waals surface area contributed by atoms with Crippen LogP contribution >= 0.6 is 0 Å². The van der Waals surface area contributed by atoms with Crippen molar-refractivity contribution < 1.29 is 4.42 Å². The van der Waals surface area contributed by atoms with Gasteiger partial charge in [0.1, 0.15) is 11.0 Å². The second kappa shape index (κ2) is 3.55. The van der Waals surface area contributed by atoms with Gasteiger partial charge >= 0.3 is 6.01 Å². The van der Waals surface area contributed by atoms with Gasteiger partial charge in [-0.1, -0.05) is 17.3 Å². The summed E-state index contributed by atoms with van der Waals surface area (Å²) in [6.07, 6.45) is 0. The summed E-state index contributed by atoms with van der Waals surface area (Å²) in [4.78, 5) is 4.38. The molecule has 0 spiro atoms. The van der Waals surface area contributed by atoms with Crippen LogP contribution in [0.4, 0.5) is 5.69 Å². The van der Waals surface area contributed by atoms with Crippen LogP contribution in [0.1, 0.15) is 0 Å². The van der Waals surface area contributed by atoms with E-state index in [1.165, 1.54) is 0 Å². The molecule has 0 amide bonds. The van der Waals surface area contributed by atoms with E-state index in [-0.39, 0.29) is 0 Å². The SMILES string of the molecule is Nc1ccc2nc(-n3nnc4ccccc43)oc2c1. The van der Waals surface area contributed by atoms with Gasteiger partial charge in [-0.25, -0.2) is 0 Å². The number of nitrogen functional groups attached to an aromatic ring is 1. The molecule has 0 radical (unpaired) electrons. The van der Waals surface area contributed by atoms with Crippen molar-refractivity contribution in [3.63, 3.8) is 0 Å². The first-order valence-corrected chi connectivity index (χ1v) is 5.78. The van der Waals surface area contributed by atoms with Gasteiger partial charge in [0, 0.05) is 11.8 Å². The Balaban J connectivity index is 1.99. The van der Waals surface area contributed by atoms with E-state index in [9.17, 15) is 0 Å². The molecule has 6 heteroatoms. The minimum Gasteiger partial charge on any atom is -0.422 e. The summed E-state index contributed by atoms with van der Waals surface area (Å²) in [6.45, 7) is 0. The van der Waals surface area contributed by atoms with Gasteiger partial charge in [0.2, 0.25) is 0 Å². The molecule has 2 aromatic heterocycles. The second-order valence-corrected chi connectivity index (χ2v) is 4.21. The van der Waals surface area contributed by atoms with Crippen LogP contribution in [0, 0.1) is 0 Å². The molecule has 0 saturated carbocycles. The minimum absolute atomic E-state index is 0.384. The van der Waals surface area contributed by atoms with Crippen LogP contribution in [-0.4, -0.2) is 20.0 Å². The van der Waals surface area contributed by atoms with Gasteiger partial charge in [0.25, 0.3) is 0 Å².